The third-order valence-electron chi connectivity index (χ3n) is 7.21. The number of carbonyl (C=O) groups is 3. The van der Waals surface area contributed by atoms with Crippen LogP contribution >= 0.6 is 35.2 Å². The summed E-state index contributed by atoms with van der Waals surface area (Å²) in [6.45, 7) is 1.96. The second-order valence-corrected chi connectivity index (χ2v) is 17.1. The van der Waals surface area contributed by atoms with Crippen LogP contribution < -0.4 is 35.9 Å². The van der Waals surface area contributed by atoms with Gasteiger partial charge < -0.3 is 69.0 Å². The van der Waals surface area contributed by atoms with Crippen molar-refractivity contribution in [1.29, 1.82) is 0 Å². The molecule has 1 fully saturated rings. The van der Waals surface area contributed by atoms with Crippen LogP contribution in [-0.2, 0) is 50.7 Å². The number of nitrogens with two attached hydrogens (primary N) is 1. The van der Waals surface area contributed by atoms with Crippen molar-refractivity contribution in [3.05, 3.63) is 24.8 Å². The first-order valence-electron chi connectivity index (χ1n) is 15.7. The average Bonchev–Trinajstić information content (AvgIpc) is 3.63. The van der Waals surface area contributed by atoms with Gasteiger partial charge >= 0.3 is 0 Å². The molecule has 0 aliphatic carbocycles. The van der Waals surface area contributed by atoms with Crippen molar-refractivity contribution >= 4 is 69.1 Å². The van der Waals surface area contributed by atoms with E-state index in [9.17, 15) is 57.9 Å². The highest BCUT2D eigenvalue weighted by molar-refractivity contribution is 8.14. The molecule has 24 nitrogen and oxygen atoms in total. The van der Waals surface area contributed by atoms with E-state index in [4.69, 9.17) is 10.5 Å². The molecule has 0 aromatic carbocycles. The first-order chi connectivity index (χ1) is 25.1. The molecular formula is C26H38N7O17P3S-4. The number of hydrogen-bond donors (Lipinski definition) is 5. The molecule has 6 N–H and O–H groups in total. The Hall–Kier alpha value is -2.70. The quantitative estimate of drug-likeness (QED) is 0.0478. The van der Waals surface area contributed by atoms with Crippen molar-refractivity contribution in [3.63, 3.8) is 0 Å². The van der Waals surface area contributed by atoms with Gasteiger partial charge in [-0.15, -0.1) is 0 Å². The Morgan fingerprint density at radius 1 is 1.11 bits per heavy atom. The van der Waals surface area contributed by atoms with Crippen LogP contribution in [0.2, 0.25) is 0 Å². The highest BCUT2D eigenvalue weighted by atomic mass is 32.2. The molecule has 0 saturated carbocycles. The number of aliphatic hydroxyl groups is 2. The summed E-state index contributed by atoms with van der Waals surface area (Å²) in [5, 5.41) is 26.0. The van der Waals surface area contributed by atoms with Crippen LogP contribution in [0.3, 0.4) is 0 Å². The molecule has 1 aliphatic rings. The molecule has 54 heavy (non-hydrogen) atoms. The minimum atomic E-state index is -5.91. The van der Waals surface area contributed by atoms with Gasteiger partial charge in [-0.25, -0.2) is 19.3 Å². The lowest BCUT2D eigenvalue weighted by Crippen LogP contribution is -2.46. The van der Waals surface area contributed by atoms with E-state index in [1.807, 2.05) is 6.92 Å². The Morgan fingerprint density at radius 2 is 1.80 bits per heavy atom. The molecule has 28 heteroatoms. The van der Waals surface area contributed by atoms with E-state index in [0.717, 1.165) is 29.0 Å². The number of allylic oxidation sites excluding steroid dienone is 1. The number of nitrogens with zero attached hydrogens (tertiary/aromatic N) is 4. The fraction of sp³-hybridized carbons (Fsp3) is 0.615. The number of anilines is 1. The molecule has 3 heterocycles. The van der Waals surface area contributed by atoms with Gasteiger partial charge in [-0.2, -0.15) is 0 Å². The lowest BCUT2D eigenvalue weighted by molar-refractivity contribution is -0.347. The minimum Gasteiger partial charge on any atom is -0.790 e. The van der Waals surface area contributed by atoms with E-state index in [1.54, 1.807) is 6.08 Å². The highest BCUT2D eigenvalue weighted by Gasteiger charge is 2.47. The van der Waals surface area contributed by atoms with Gasteiger partial charge in [0.1, 0.15) is 36.3 Å². The first kappa shape index (κ1) is 45.7. The molecule has 1 saturated heterocycles. The predicted octanol–water partition coefficient (Wildman–Crippen LogP) is -2.90. The second kappa shape index (κ2) is 19.4. The second-order valence-electron chi connectivity index (χ2n) is 12.0. The Kier molecular flexibility index (Phi) is 16.4. The van der Waals surface area contributed by atoms with Crippen molar-refractivity contribution in [2.45, 2.75) is 64.3 Å². The molecule has 0 spiro atoms. The number of carbonyl (C=O) groups excluding carboxylic acids is 3. The summed E-state index contributed by atoms with van der Waals surface area (Å²) in [7, 11) is -17.6. The zero-order chi connectivity index (χ0) is 40.5. The zero-order valence-electron chi connectivity index (χ0n) is 28.8. The summed E-state index contributed by atoms with van der Waals surface area (Å²) in [5.74, 6) is -1.23. The van der Waals surface area contributed by atoms with Crippen molar-refractivity contribution in [2.75, 3.05) is 37.8 Å². The van der Waals surface area contributed by atoms with Crippen LogP contribution in [0, 0.1) is 5.41 Å². The number of imidazole rings is 1. The number of rotatable bonds is 21. The van der Waals surface area contributed by atoms with Crippen molar-refractivity contribution in [3.8, 4) is 0 Å². The van der Waals surface area contributed by atoms with Crippen LogP contribution in [0.15, 0.2) is 24.8 Å². The number of thioether (sulfide) groups is 1. The van der Waals surface area contributed by atoms with Crippen LogP contribution in [0.25, 0.3) is 11.2 Å². The maximum atomic E-state index is 12.5. The van der Waals surface area contributed by atoms with E-state index in [1.165, 1.54) is 19.9 Å². The lowest BCUT2D eigenvalue weighted by atomic mass is 9.87. The first-order valence-corrected chi connectivity index (χ1v) is 21.1. The molecule has 1 aliphatic heterocycles. The number of aromatic nitrogens is 4. The number of nitrogens with one attached hydrogen (secondary N) is 2. The molecule has 2 unspecified atom stereocenters. The summed E-state index contributed by atoms with van der Waals surface area (Å²) in [6, 6.07) is 0. The van der Waals surface area contributed by atoms with Gasteiger partial charge in [0, 0.05) is 30.7 Å². The Balaban J connectivity index is 1.51. The van der Waals surface area contributed by atoms with Gasteiger partial charge in [-0.1, -0.05) is 38.6 Å². The Labute approximate surface area is 311 Å². The molecule has 2 aromatic rings. The number of nitrogen functional groups attached to an aromatic ring is 1. The summed E-state index contributed by atoms with van der Waals surface area (Å²) in [5.41, 5.74) is 4.06. The lowest BCUT2D eigenvalue weighted by Gasteiger charge is -2.36. The maximum absolute atomic E-state index is 12.5. The minimum absolute atomic E-state index is 0.0216. The van der Waals surface area contributed by atoms with Gasteiger partial charge in [0.25, 0.3) is 15.6 Å². The van der Waals surface area contributed by atoms with Crippen LogP contribution in [0.4, 0.5) is 5.82 Å². The maximum Gasteiger partial charge on any atom is 0.274 e. The standard InChI is InChI=1S/C26H42N7O17P3S/c1-4-5-6-17(35)54-10-9-28-16(34)7-8-29-24(38)21(37)26(2,3)12-47-53(44,45)50-52(42,43)46-11-15-20(49-51(39,40)41)19(36)25(48-15)33-14-32-18-22(27)30-13-31-23(18)33/h5-6,13-15,19-21,25,36-37H,4,7-12H2,1-3H3,(H,28,34)(H,29,38)(H,42,43)(H,44,45)(H2,27,30,31)(H2,39,40,41)/p-4/b6-5+/t15-,19-,20-,21+,25-/m1/s1. The number of fused-ring (bicyclic) bond motifs is 1. The van der Waals surface area contributed by atoms with Gasteiger partial charge in [-0.3, -0.25) is 28.1 Å². The van der Waals surface area contributed by atoms with E-state index in [-0.39, 0.29) is 41.6 Å². The fourth-order valence-corrected chi connectivity index (χ4v) is 7.85. The van der Waals surface area contributed by atoms with Gasteiger partial charge in [0.15, 0.2) is 17.7 Å². The molecular weight excluding hydrogens is 807 g/mol. The topological polar surface area (TPSA) is 375 Å². The summed E-state index contributed by atoms with van der Waals surface area (Å²) < 4.78 is 60.4. The largest absolute Gasteiger partial charge is 0.790 e. The number of phosphoric ester groups is 3. The number of amides is 2. The third kappa shape index (κ3) is 13.8. The van der Waals surface area contributed by atoms with Crippen molar-refractivity contribution < 1.29 is 80.5 Å². The fourth-order valence-electron chi connectivity index (χ4n) is 4.52. The van der Waals surface area contributed by atoms with E-state index in [2.05, 4.69) is 43.5 Å². The Morgan fingerprint density at radius 3 is 2.46 bits per heavy atom. The molecule has 2 aromatic heterocycles. The predicted molar refractivity (Wildman–Crippen MR) is 178 cm³/mol. The highest BCUT2D eigenvalue weighted by Crippen LogP contribution is 2.56. The van der Waals surface area contributed by atoms with E-state index >= 15 is 0 Å². The van der Waals surface area contributed by atoms with Crippen LogP contribution in [0.1, 0.15) is 39.8 Å². The molecule has 3 rings (SSSR count). The summed E-state index contributed by atoms with van der Waals surface area (Å²) in [6.07, 6.45) is -3.74. The monoisotopic (exact) mass is 845 g/mol. The SMILES string of the molecule is CC/C=C/C(=O)SCCNC(=O)CCNC(=O)[C@H](O)C(C)(C)COP(=O)([O-])OP(=O)([O-])OC[C@H]1O[C@@H](n2cnc3c(N)ncnc32)[C@H](O)[C@@H]1OP(=O)([O-])[O-]. The Bertz CT molecular complexity index is 1810. The van der Waals surface area contributed by atoms with Gasteiger partial charge in [-0.05, 0) is 12.5 Å². The number of hydrogen-bond acceptors (Lipinski definition) is 22. The number of phosphoric acid groups is 3. The summed E-state index contributed by atoms with van der Waals surface area (Å²) in [4.78, 5) is 95.4. The smallest absolute Gasteiger partial charge is 0.274 e. The third-order valence-corrected chi connectivity index (χ3v) is 11.1. The van der Waals surface area contributed by atoms with Crippen LogP contribution in [0.5, 0.6) is 0 Å². The van der Waals surface area contributed by atoms with Crippen molar-refractivity contribution in [1.82, 2.24) is 30.2 Å². The number of aliphatic hydroxyl groups excluding tert-OH is 2. The van der Waals surface area contributed by atoms with Gasteiger partial charge in [0.2, 0.25) is 16.9 Å². The average molecular weight is 846 g/mol. The van der Waals surface area contributed by atoms with Crippen molar-refractivity contribution in [2.24, 2.45) is 5.41 Å². The van der Waals surface area contributed by atoms with Crippen LogP contribution in [-0.4, -0.2) is 103 Å². The number of ether oxygens (including phenoxy) is 1. The molecule has 0 bridgehead atoms. The molecule has 2 amide bonds. The normalized spacial score (nSPS) is 22.2. The molecule has 7 atom stereocenters. The summed E-state index contributed by atoms with van der Waals surface area (Å²) >= 11 is 1.01. The van der Waals surface area contributed by atoms with Gasteiger partial charge in [0.05, 0.1) is 27.4 Å². The zero-order valence-corrected chi connectivity index (χ0v) is 32.3. The molecule has 304 valence electrons. The van der Waals surface area contributed by atoms with E-state index in [0.29, 0.717) is 12.2 Å². The van der Waals surface area contributed by atoms with E-state index < -0.39 is 84.6 Å². The molecule has 0 radical (unpaired) electrons.